The van der Waals surface area contributed by atoms with E-state index in [1.807, 2.05) is 0 Å². The van der Waals surface area contributed by atoms with E-state index in [0.29, 0.717) is 12.8 Å². The molecular weight excluding hydrogens is 681 g/mol. The second-order valence-electron chi connectivity index (χ2n) is 14.8. The van der Waals surface area contributed by atoms with Gasteiger partial charge in [-0.05, 0) is 83.5 Å². The molecule has 0 saturated heterocycles. The van der Waals surface area contributed by atoms with Crippen LogP contribution in [0.25, 0.3) is 0 Å². The zero-order chi connectivity index (χ0) is 39.7. The Morgan fingerprint density at radius 3 is 1.65 bits per heavy atom. The summed E-state index contributed by atoms with van der Waals surface area (Å²) in [6, 6.07) is -1.38. The molecule has 0 rings (SSSR count). The van der Waals surface area contributed by atoms with E-state index in [1.54, 1.807) is 0 Å². The summed E-state index contributed by atoms with van der Waals surface area (Å²) in [6.45, 7) is 3.41. The van der Waals surface area contributed by atoms with E-state index in [9.17, 15) is 19.2 Å². The molecule has 2 atom stereocenters. The molecule has 0 aromatic heterocycles. The van der Waals surface area contributed by atoms with Crippen molar-refractivity contribution in [2.45, 2.75) is 212 Å². The van der Waals surface area contributed by atoms with Crippen LogP contribution in [-0.4, -0.2) is 59.3 Å². The average molecular weight is 761 g/mol. The number of rotatable bonds is 39. The number of nitrogens with one attached hydrogen (secondary N) is 2. The summed E-state index contributed by atoms with van der Waals surface area (Å²) in [5.41, 5.74) is 0. The van der Waals surface area contributed by atoms with Crippen LogP contribution in [0.5, 0.6) is 0 Å². The van der Waals surface area contributed by atoms with E-state index >= 15 is 0 Å². The molecular formula is C45H80N2O7. The summed E-state index contributed by atoms with van der Waals surface area (Å²) in [4.78, 5) is 47.6. The lowest BCUT2D eigenvalue weighted by Crippen LogP contribution is -2.47. The Morgan fingerprint density at radius 2 is 1.06 bits per heavy atom. The minimum Gasteiger partial charge on any atom is -0.480 e. The predicted molar refractivity (Wildman–Crippen MR) is 222 cm³/mol. The van der Waals surface area contributed by atoms with Crippen LogP contribution in [0.15, 0.2) is 36.5 Å². The van der Waals surface area contributed by atoms with Gasteiger partial charge in [0.1, 0.15) is 12.1 Å². The second kappa shape index (κ2) is 39.7. The van der Waals surface area contributed by atoms with Gasteiger partial charge >= 0.3 is 11.9 Å². The molecule has 0 aliphatic carbocycles. The molecule has 312 valence electrons. The monoisotopic (exact) mass is 761 g/mol. The molecule has 0 radical (unpaired) electrons. The lowest BCUT2D eigenvalue weighted by Gasteiger charge is -2.18. The summed E-state index contributed by atoms with van der Waals surface area (Å²) in [5.74, 6) is -2.33. The summed E-state index contributed by atoms with van der Waals surface area (Å²) in [5, 5.41) is 22.5. The fourth-order valence-electron chi connectivity index (χ4n) is 6.22. The lowest BCUT2D eigenvalue weighted by molar-refractivity contribution is -0.150. The minimum absolute atomic E-state index is 0.0503. The van der Waals surface area contributed by atoms with E-state index in [-0.39, 0.29) is 30.9 Å². The predicted octanol–water partition coefficient (Wildman–Crippen LogP) is 10.6. The average Bonchev–Trinajstić information content (AvgIpc) is 3.15. The third-order valence-electron chi connectivity index (χ3n) is 9.59. The van der Waals surface area contributed by atoms with Gasteiger partial charge < -0.3 is 25.6 Å². The standard InChI is InChI=1S/C45H80N2O7/c1-3-5-7-9-11-13-15-17-19-21-23-26-30-34-40(54-44(51)37-33-29-24-22-20-18-16-14-12-10-8-6-4-2)35-31-27-25-28-32-36-42(49)46-38-43(50)47-41(39-48)45(52)53/h8,10,14,16,21,23,40-41,48H,3-7,9,11-13,15,17-20,22,24-39H2,1-2H3,(H,46,49)(H,47,50)(H,52,53)/b10-8-,16-14-,23-21-. The number of hydrogen-bond donors (Lipinski definition) is 4. The molecule has 4 N–H and O–H groups in total. The Kier molecular flexibility index (Phi) is 37.6. The maximum Gasteiger partial charge on any atom is 0.328 e. The number of carbonyl (C=O) groups excluding carboxylic acids is 3. The first-order chi connectivity index (χ1) is 26.3. The van der Waals surface area contributed by atoms with Gasteiger partial charge in [0, 0.05) is 12.8 Å². The van der Waals surface area contributed by atoms with Gasteiger partial charge in [-0.1, -0.05) is 140 Å². The number of carbonyl (C=O) groups is 4. The van der Waals surface area contributed by atoms with Crippen molar-refractivity contribution in [1.82, 2.24) is 10.6 Å². The minimum atomic E-state index is -1.38. The van der Waals surface area contributed by atoms with Gasteiger partial charge in [0.05, 0.1) is 13.2 Å². The molecule has 0 fully saturated rings. The van der Waals surface area contributed by atoms with Crippen molar-refractivity contribution in [1.29, 1.82) is 0 Å². The lowest BCUT2D eigenvalue weighted by atomic mass is 10.0. The second-order valence-corrected chi connectivity index (χ2v) is 14.8. The van der Waals surface area contributed by atoms with E-state index in [0.717, 1.165) is 96.3 Å². The third kappa shape index (κ3) is 36.1. The van der Waals surface area contributed by atoms with Gasteiger partial charge in [-0.2, -0.15) is 0 Å². The van der Waals surface area contributed by atoms with Gasteiger partial charge in [-0.25, -0.2) is 4.79 Å². The van der Waals surface area contributed by atoms with Crippen molar-refractivity contribution in [3.05, 3.63) is 36.5 Å². The molecule has 9 heteroatoms. The van der Waals surface area contributed by atoms with Crippen LogP contribution in [0, 0.1) is 0 Å². The molecule has 0 aliphatic rings. The van der Waals surface area contributed by atoms with Gasteiger partial charge in [-0.3, -0.25) is 14.4 Å². The zero-order valence-corrected chi connectivity index (χ0v) is 34.5. The van der Waals surface area contributed by atoms with Crippen molar-refractivity contribution in [2.75, 3.05) is 13.2 Å². The molecule has 9 nitrogen and oxygen atoms in total. The first-order valence-electron chi connectivity index (χ1n) is 21.9. The van der Waals surface area contributed by atoms with Crippen molar-refractivity contribution in [3.63, 3.8) is 0 Å². The van der Waals surface area contributed by atoms with Crippen molar-refractivity contribution < 1.29 is 34.1 Å². The summed E-state index contributed by atoms with van der Waals surface area (Å²) in [6.07, 6.45) is 44.5. The van der Waals surface area contributed by atoms with Crippen LogP contribution in [0.2, 0.25) is 0 Å². The quantitative estimate of drug-likeness (QED) is 0.0277. The number of aliphatic hydroxyl groups excluding tert-OH is 1. The highest BCUT2D eigenvalue weighted by molar-refractivity contribution is 5.87. The van der Waals surface area contributed by atoms with Crippen LogP contribution in [0.3, 0.4) is 0 Å². The number of ether oxygens (including phenoxy) is 1. The van der Waals surface area contributed by atoms with E-state index in [2.05, 4.69) is 60.9 Å². The number of allylic oxidation sites excluding steroid dienone is 6. The number of carboxylic acid groups (broad SMARTS) is 1. The number of esters is 1. The van der Waals surface area contributed by atoms with Gasteiger partial charge in [-0.15, -0.1) is 0 Å². The highest BCUT2D eigenvalue weighted by Gasteiger charge is 2.19. The Bertz CT molecular complexity index is 1010. The Hall–Kier alpha value is -2.94. The summed E-state index contributed by atoms with van der Waals surface area (Å²) < 4.78 is 6.00. The van der Waals surface area contributed by atoms with E-state index in [4.69, 9.17) is 14.9 Å². The maximum atomic E-state index is 12.8. The Balaban J connectivity index is 4.38. The normalized spacial score (nSPS) is 12.8. The fraction of sp³-hybridized carbons (Fsp3) is 0.778. The van der Waals surface area contributed by atoms with Crippen LogP contribution < -0.4 is 10.6 Å². The molecule has 2 unspecified atom stereocenters. The smallest absolute Gasteiger partial charge is 0.328 e. The van der Waals surface area contributed by atoms with Crippen molar-refractivity contribution in [3.8, 4) is 0 Å². The molecule has 0 spiro atoms. The number of carboxylic acids is 1. The third-order valence-corrected chi connectivity index (χ3v) is 9.59. The van der Waals surface area contributed by atoms with Gasteiger partial charge in [0.25, 0.3) is 0 Å². The van der Waals surface area contributed by atoms with Crippen LogP contribution in [-0.2, 0) is 23.9 Å². The van der Waals surface area contributed by atoms with E-state index < -0.39 is 24.5 Å². The maximum absolute atomic E-state index is 12.8. The molecule has 0 saturated carbocycles. The largest absolute Gasteiger partial charge is 0.480 e. The molecule has 2 amide bonds. The molecule has 54 heavy (non-hydrogen) atoms. The number of amides is 2. The fourth-order valence-corrected chi connectivity index (χ4v) is 6.22. The van der Waals surface area contributed by atoms with Crippen molar-refractivity contribution in [2.24, 2.45) is 0 Å². The number of aliphatic carboxylic acids is 1. The van der Waals surface area contributed by atoms with Crippen LogP contribution >= 0.6 is 0 Å². The van der Waals surface area contributed by atoms with Gasteiger partial charge in [0.15, 0.2) is 0 Å². The van der Waals surface area contributed by atoms with E-state index in [1.165, 1.54) is 70.6 Å². The van der Waals surface area contributed by atoms with Crippen LogP contribution in [0.4, 0.5) is 0 Å². The van der Waals surface area contributed by atoms with Crippen LogP contribution in [0.1, 0.15) is 200 Å². The molecule has 0 bridgehead atoms. The Morgan fingerprint density at radius 1 is 0.556 bits per heavy atom. The number of unbranched alkanes of at least 4 members (excludes halogenated alkanes) is 19. The first-order valence-corrected chi connectivity index (χ1v) is 21.9. The molecule has 0 heterocycles. The highest BCUT2D eigenvalue weighted by Crippen LogP contribution is 2.18. The zero-order valence-electron chi connectivity index (χ0n) is 34.5. The van der Waals surface area contributed by atoms with Crippen molar-refractivity contribution >= 4 is 23.8 Å². The number of hydrogen-bond acceptors (Lipinski definition) is 6. The topological polar surface area (TPSA) is 142 Å². The summed E-state index contributed by atoms with van der Waals surface area (Å²) >= 11 is 0. The summed E-state index contributed by atoms with van der Waals surface area (Å²) in [7, 11) is 0. The Labute approximate surface area is 329 Å². The molecule has 0 aromatic rings. The first kappa shape index (κ1) is 51.1. The number of aliphatic hydroxyl groups is 1. The highest BCUT2D eigenvalue weighted by atomic mass is 16.5. The molecule has 0 aliphatic heterocycles. The molecule has 0 aromatic carbocycles. The SMILES string of the molecule is CCC/C=C\C/C=C\CCCCCCCC(=O)OC(CCC/C=C\CCCCCCCCCC)CCCCCCCC(=O)NCC(=O)NC(CO)C(=O)O. The van der Waals surface area contributed by atoms with Gasteiger partial charge in [0.2, 0.25) is 11.8 Å².